The van der Waals surface area contributed by atoms with Crippen molar-refractivity contribution in [1.82, 2.24) is 30.7 Å². The molecule has 25 heavy (non-hydrogen) atoms. The minimum atomic E-state index is -0.0766. The Hall–Kier alpha value is -2.90. The van der Waals surface area contributed by atoms with Crippen LogP contribution in [0.3, 0.4) is 0 Å². The zero-order valence-electron chi connectivity index (χ0n) is 14.9. The van der Waals surface area contributed by atoms with Crippen molar-refractivity contribution in [2.45, 2.75) is 26.4 Å². The molecule has 1 aromatic heterocycles. The number of guanidine groups is 1. The van der Waals surface area contributed by atoms with Gasteiger partial charge in [-0.05, 0) is 31.0 Å². The molecule has 0 saturated carbocycles. The van der Waals surface area contributed by atoms with E-state index in [1.165, 1.54) is 0 Å². The third-order valence-electron chi connectivity index (χ3n) is 3.80. The molecule has 1 heterocycles. The Bertz CT molecular complexity index is 723. The fraction of sp³-hybridized carbons (Fsp3) is 0.412. The quantitative estimate of drug-likeness (QED) is 0.504. The van der Waals surface area contributed by atoms with Gasteiger partial charge in [0.25, 0.3) is 5.91 Å². The highest BCUT2D eigenvalue weighted by Gasteiger charge is 2.05. The average molecular weight is 343 g/mol. The largest absolute Gasteiger partial charge is 0.356 e. The molecular formula is C17H25N7O. The van der Waals surface area contributed by atoms with Crippen LogP contribution in [0.1, 0.15) is 28.7 Å². The molecule has 8 nitrogen and oxygen atoms in total. The molecule has 1 aromatic carbocycles. The summed E-state index contributed by atoms with van der Waals surface area (Å²) in [7, 11) is 3.36. The Kier molecular flexibility index (Phi) is 6.94. The topological polar surface area (TPSA) is 96.2 Å². The summed E-state index contributed by atoms with van der Waals surface area (Å²) in [6.45, 7) is 4.14. The summed E-state index contributed by atoms with van der Waals surface area (Å²) in [5.74, 6) is 1.49. The fourth-order valence-corrected chi connectivity index (χ4v) is 2.40. The SMILES string of the molecule is CCn1cnnc1CNC(=NC)NCCc1cccc(C(=O)NC)c1. The van der Waals surface area contributed by atoms with Gasteiger partial charge in [0.05, 0.1) is 6.54 Å². The lowest BCUT2D eigenvalue weighted by Gasteiger charge is -2.12. The number of hydrogen-bond acceptors (Lipinski definition) is 4. The molecule has 1 amide bonds. The van der Waals surface area contributed by atoms with E-state index in [1.807, 2.05) is 29.7 Å². The lowest BCUT2D eigenvalue weighted by atomic mass is 10.1. The van der Waals surface area contributed by atoms with Gasteiger partial charge >= 0.3 is 0 Å². The van der Waals surface area contributed by atoms with Gasteiger partial charge in [0.15, 0.2) is 11.8 Å². The Morgan fingerprint density at radius 2 is 2.16 bits per heavy atom. The Morgan fingerprint density at radius 1 is 1.32 bits per heavy atom. The third-order valence-corrected chi connectivity index (χ3v) is 3.80. The molecule has 0 aliphatic carbocycles. The van der Waals surface area contributed by atoms with Crippen LogP contribution in [0.25, 0.3) is 0 Å². The van der Waals surface area contributed by atoms with E-state index in [4.69, 9.17) is 0 Å². The number of hydrogen-bond donors (Lipinski definition) is 3. The number of aromatic nitrogens is 3. The molecule has 3 N–H and O–H groups in total. The predicted octanol–water partition coefficient (Wildman–Crippen LogP) is 0.565. The first-order valence-electron chi connectivity index (χ1n) is 8.30. The van der Waals surface area contributed by atoms with Crippen LogP contribution in [0.2, 0.25) is 0 Å². The molecule has 0 bridgehead atoms. The molecule has 0 fully saturated rings. The summed E-state index contributed by atoms with van der Waals surface area (Å²) in [5.41, 5.74) is 1.76. The summed E-state index contributed by atoms with van der Waals surface area (Å²) in [6.07, 6.45) is 2.50. The highest BCUT2D eigenvalue weighted by atomic mass is 16.1. The highest BCUT2D eigenvalue weighted by Crippen LogP contribution is 2.05. The van der Waals surface area contributed by atoms with E-state index >= 15 is 0 Å². The first-order chi connectivity index (χ1) is 12.2. The zero-order valence-corrected chi connectivity index (χ0v) is 14.9. The van der Waals surface area contributed by atoms with Crippen LogP contribution in [0.5, 0.6) is 0 Å². The van der Waals surface area contributed by atoms with Crippen molar-refractivity contribution in [3.63, 3.8) is 0 Å². The Balaban J connectivity index is 1.82. The summed E-state index contributed by atoms with van der Waals surface area (Å²) in [6, 6.07) is 7.61. The number of aryl methyl sites for hydroxylation is 1. The Labute approximate surface area is 147 Å². The van der Waals surface area contributed by atoms with Crippen molar-refractivity contribution < 1.29 is 4.79 Å². The number of carbonyl (C=O) groups is 1. The van der Waals surface area contributed by atoms with Crippen LogP contribution in [0.15, 0.2) is 35.6 Å². The molecule has 0 aliphatic heterocycles. The molecule has 2 aromatic rings. The summed E-state index contributed by atoms with van der Waals surface area (Å²) in [4.78, 5) is 15.9. The average Bonchev–Trinajstić information content (AvgIpc) is 3.11. The van der Waals surface area contributed by atoms with Crippen LogP contribution in [0.4, 0.5) is 0 Å². The van der Waals surface area contributed by atoms with Gasteiger partial charge in [0, 0.05) is 32.7 Å². The molecular weight excluding hydrogens is 318 g/mol. The lowest BCUT2D eigenvalue weighted by molar-refractivity contribution is 0.0963. The van der Waals surface area contributed by atoms with Gasteiger partial charge in [-0.15, -0.1) is 10.2 Å². The molecule has 0 aliphatic rings. The van der Waals surface area contributed by atoms with Gasteiger partial charge in [0.1, 0.15) is 6.33 Å². The minimum absolute atomic E-state index is 0.0766. The molecule has 0 saturated heterocycles. The van der Waals surface area contributed by atoms with Gasteiger partial charge in [-0.2, -0.15) is 0 Å². The van der Waals surface area contributed by atoms with Crippen molar-refractivity contribution in [3.8, 4) is 0 Å². The van der Waals surface area contributed by atoms with E-state index in [0.717, 1.165) is 24.4 Å². The number of benzene rings is 1. The smallest absolute Gasteiger partial charge is 0.251 e. The van der Waals surface area contributed by atoms with E-state index in [9.17, 15) is 4.79 Å². The van der Waals surface area contributed by atoms with Gasteiger partial charge in [-0.1, -0.05) is 12.1 Å². The molecule has 2 rings (SSSR count). The van der Waals surface area contributed by atoms with E-state index in [2.05, 4.69) is 31.1 Å². The lowest BCUT2D eigenvalue weighted by Crippen LogP contribution is -2.38. The number of amides is 1. The van der Waals surface area contributed by atoms with Gasteiger partial charge in [-0.3, -0.25) is 9.79 Å². The number of nitrogens with one attached hydrogen (secondary N) is 3. The Morgan fingerprint density at radius 3 is 2.88 bits per heavy atom. The van der Waals surface area contributed by atoms with E-state index in [1.54, 1.807) is 26.5 Å². The summed E-state index contributed by atoms with van der Waals surface area (Å²) in [5, 5.41) is 17.1. The highest BCUT2D eigenvalue weighted by molar-refractivity contribution is 5.94. The molecule has 0 unspecified atom stereocenters. The van der Waals surface area contributed by atoms with E-state index < -0.39 is 0 Å². The third kappa shape index (κ3) is 5.30. The van der Waals surface area contributed by atoms with Crippen molar-refractivity contribution in [1.29, 1.82) is 0 Å². The molecule has 0 spiro atoms. The van der Waals surface area contributed by atoms with Gasteiger partial charge in [-0.25, -0.2) is 0 Å². The predicted molar refractivity (Wildman–Crippen MR) is 97.4 cm³/mol. The van der Waals surface area contributed by atoms with Crippen molar-refractivity contribution in [2.75, 3.05) is 20.6 Å². The summed E-state index contributed by atoms with van der Waals surface area (Å²) < 4.78 is 1.98. The molecule has 0 radical (unpaired) electrons. The maximum Gasteiger partial charge on any atom is 0.251 e. The van der Waals surface area contributed by atoms with E-state index in [-0.39, 0.29) is 5.91 Å². The van der Waals surface area contributed by atoms with Gasteiger partial charge < -0.3 is 20.5 Å². The monoisotopic (exact) mass is 343 g/mol. The van der Waals surface area contributed by atoms with Gasteiger partial charge in [0.2, 0.25) is 0 Å². The maximum absolute atomic E-state index is 11.7. The maximum atomic E-state index is 11.7. The van der Waals surface area contributed by atoms with Crippen molar-refractivity contribution >= 4 is 11.9 Å². The first-order valence-corrected chi connectivity index (χ1v) is 8.30. The minimum Gasteiger partial charge on any atom is -0.356 e. The number of aliphatic imine (C=N–C) groups is 1. The fourth-order valence-electron chi connectivity index (χ4n) is 2.40. The van der Waals surface area contributed by atoms with Crippen LogP contribution >= 0.6 is 0 Å². The number of carbonyl (C=O) groups excluding carboxylic acids is 1. The van der Waals surface area contributed by atoms with Crippen LogP contribution < -0.4 is 16.0 Å². The second-order valence-electron chi connectivity index (χ2n) is 5.42. The van der Waals surface area contributed by atoms with Crippen molar-refractivity contribution in [2.24, 2.45) is 4.99 Å². The summed E-state index contributed by atoms with van der Waals surface area (Å²) >= 11 is 0. The van der Waals surface area contributed by atoms with Crippen LogP contribution in [0, 0.1) is 0 Å². The second-order valence-corrected chi connectivity index (χ2v) is 5.42. The standard InChI is InChI=1S/C17H25N7O/c1-4-24-12-22-23-15(24)11-21-17(19-3)20-9-8-13-6-5-7-14(10-13)16(25)18-2/h5-7,10,12H,4,8-9,11H2,1-3H3,(H,18,25)(H2,19,20,21). The number of nitrogens with zero attached hydrogens (tertiary/aromatic N) is 4. The van der Waals surface area contributed by atoms with Crippen LogP contribution in [-0.2, 0) is 19.5 Å². The van der Waals surface area contributed by atoms with E-state index in [0.29, 0.717) is 24.6 Å². The van der Waals surface area contributed by atoms with Crippen molar-refractivity contribution in [3.05, 3.63) is 47.5 Å². The molecule has 8 heteroatoms. The number of rotatable bonds is 7. The molecule has 134 valence electrons. The zero-order chi connectivity index (χ0) is 18.1. The first kappa shape index (κ1) is 18.4. The molecule has 0 atom stereocenters. The second kappa shape index (κ2) is 9.41. The van der Waals surface area contributed by atoms with Crippen LogP contribution in [-0.4, -0.2) is 47.3 Å². The normalized spacial score (nSPS) is 11.2.